The van der Waals surface area contributed by atoms with Gasteiger partial charge in [-0.05, 0) is 55.2 Å². The average molecular weight is 588 g/mol. The maximum Gasteiger partial charge on any atom is 0.250 e. The van der Waals surface area contributed by atoms with Gasteiger partial charge in [-0.2, -0.15) is 9.19 Å². The molecule has 2 aromatic carbocycles. The topological polar surface area (TPSA) is 131 Å². The smallest absolute Gasteiger partial charge is 0.250 e. The molecule has 11 nitrogen and oxygen atoms in total. The second-order valence-electron chi connectivity index (χ2n) is 10.7. The molecule has 3 heterocycles. The third-order valence-corrected chi connectivity index (χ3v) is 8.21. The van der Waals surface area contributed by atoms with Crippen molar-refractivity contribution in [3.63, 3.8) is 0 Å². The van der Waals surface area contributed by atoms with Crippen molar-refractivity contribution in [1.82, 2.24) is 24.1 Å². The molecular weight excluding hydrogens is 554 g/mol. The summed E-state index contributed by atoms with van der Waals surface area (Å²) in [7, 11) is -3.65. The van der Waals surface area contributed by atoms with Crippen LogP contribution < -0.4 is 10.6 Å². The predicted molar refractivity (Wildman–Crippen MR) is 161 cm³/mol. The molecule has 218 valence electrons. The van der Waals surface area contributed by atoms with E-state index in [4.69, 9.17) is 9.72 Å². The van der Waals surface area contributed by atoms with Gasteiger partial charge < -0.3 is 15.4 Å². The zero-order valence-electron chi connectivity index (χ0n) is 23.4. The van der Waals surface area contributed by atoms with Crippen LogP contribution in [0.15, 0.2) is 67.0 Å². The SMILES string of the molecule is CS(=O)(=O)n1cc(-c2ccnc(Nc3cccc(CCN4CCOCC4)c3)n2)c(-c2ccc(NC(=O)C3CC3)cc2)n1. The normalized spacial score (nSPS) is 15.8. The van der Waals surface area contributed by atoms with E-state index < -0.39 is 10.0 Å². The Balaban J connectivity index is 1.23. The Morgan fingerprint density at radius 3 is 2.57 bits per heavy atom. The Morgan fingerprint density at radius 2 is 1.83 bits per heavy atom. The predicted octanol–water partition coefficient (Wildman–Crippen LogP) is 3.78. The number of hydrogen-bond donors (Lipinski definition) is 2. The zero-order valence-corrected chi connectivity index (χ0v) is 24.2. The number of hydrogen-bond acceptors (Lipinski definition) is 9. The number of nitrogens with one attached hydrogen (secondary N) is 2. The highest BCUT2D eigenvalue weighted by molar-refractivity contribution is 7.89. The molecule has 1 saturated heterocycles. The first-order chi connectivity index (χ1) is 20.3. The minimum Gasteiger partial charge on any atom is -0.379 e. The fraction of sp³-hybridized carbons (Fsp3) is 0.333. The quantitative estimate of drug-likeness (QED) is 0.285. The number of carbonyl (C=O) groups is 1. The van der Waals surface area contributed by atoms with Crippen LogP contribution in [-0.2, 0) is 26.0 Å². The van der Waals surface area contributed by atoms with E-state index in [0.717, 1.165) is 68.1 Å². The number of nitrogens with zero attached hydrogens (tertiary/aromatic N) is 5. The van der Waals surface area contributed by atoms with Gasteiger partial charge in [0, 0.05) is 54.3 Å². The molecule has 6 rings (SSSR count). The van der Waals surface area contributed by atoms with Crippen molar-refractivity contribution in [3.8, 4) is 22.5 Å². The van der Waals surface area contributed by atoms with Crippen molar-refractivity contribution in [1.29, 1.82) is 0 Å². The summed E-state index contributed by atoms with van der Waals surface area (Å²) >= 11 is 0. The minimum absolute atomic E-state index is 0.0217. The number of carbonyl (C=O) groups excluding carboxylic acids is 1. The molecule has 1 amide bonds. The van der Waals surface area contributed by atoms with Crippen LogP contribution in [0.5, 0.6) is 0 Å². The lowest BCUT2D eigenvalue weighted by molar-refractivity contribution is -0.117. The van der Waals surface area contributed by atoms with Crippen LogP contribution in [0.2, 0.25) is 0 Å². The molecule has 0 unspecified atom stereocenters. The van der Waals surface area contributed by atoms with E-state index in [1.807, 2.05) is 24.3 Å². The van der Waals surface area contributed by atoms with E-state index in [1.54, 1.807) is 24.4 Å². The number of anilines is 3. The molecule has 1 aliphatic heterocycles. The number of aromatic nitrogens is 4. The van der Waals surface area contributed by atoms with Gasteiger partial charge in [-0.1, -0.05) is 24.3 Å². The molecule has 0 radical (unpaired) electrons. The Hall–Kier alpha value is -4.13. The number of rotatable bonds is 10. The van der Waals surface area contributed by atoms with Gasteiger partial charge in [0.25, 0.3) is 10.0 Å². The fourth-order valence-electron chi connectivity index (χ4n) is 4.84. The van der Waals surface area contributed by atoms with E-state index >= 15 is 0 Å². The number of ether oxygens (including phenoxy) is 1. The second kappa shape index (κ2) is 12.0. The van der Waals surface area contributed by atoms with Crippen LogP contribution >= 0.6 is 0 Å². The number of benzene rings is 2. The summed E-state index contributed by atoms with van der Waals surface area (Å²) in [5.74, 6) is 0.502. The summed E-state index contributed by atoms with van der Waals surface area (Å²) in [6.07, 6.45) is 6.96. The average Bonchev–Trinajstić information content (AvgIpc) is 3.75. The molecular formula is C30H33N7O4S. The Labute approximate surface area is 245 Å². The van der Waals surface area contributed by atoms with Crippen LogP contribution in [0, 0.1) is 5.92 Å². The Morgan fingerprint density at radius 1 is 1.05 bits per heavy atom. The van der Waals surface area contributed by atoms with Crippen LogP contribution in [0.4, 0.5) is 17.3 Å². The van der Waals surface area contributed by atoms with Gasteiger partial charge in [-0.25, -0.2) is 18.4 Å². The monoisotopic (exact) mass is 587 g/mol. The summed E-state index contributed by atoms with van der Waals surface area (Å²) in [6.45, 7) is 4.45. The molecule has 1 saturated carbocycles. The minimum atomic E-state index is -3.65. The molecule has 2 aromatic heterocycles. The Kier molecular flexibility index (Phi) is 8.00. The van der Waals surface area contributed by atoms with E-state index in [-0.39, 0.29) is 11.8 Å². The van der Waals surface area contributed by atoms with Gasteiger partial charge >= 0.3 is 0 Å². The summed E-state index contributed by atoms with van der Waals surface area (Å²) in [5.41, 5.74) is 4.96. The van der Waals surface area contributed by atoms with E-state index in [2.05, 4.69) is 37.7 Å². The third-order valence-electron chi connectivity index (χ3n) is 7.34. The summed E-state index contributed by atoms with van der Waals surface area (Å²) in [4.78, 5) is 23.6. The molecule has 2 N–H and O–H groups in total. The molecule has 1 aliphatic carbocycles. The lowest BCUT2D eigenvalue weighted by atomic mass is 10.1. The maximum absolute atomic E-state index is 12.4. The number of amides is 1. The van der Waals surface area contributed by atoms with E-state index in [0.29, 0.717) is 34.2 Å². The van der Waals surface area contributed by atoms with Crippen molar-refractivity contribution in [2.75, 3.05) is 49.7 Å². The second-order valence-corrected chi connectivity index (χ2v) is 12.5. The van der Waals surface area contributed by atoms with Crippen LogP contribution in [0.3, 0.4) is 0 Å². The van der Waals surface area contributed by atoms with Gasteiger partial charge in [-0.3, -0.25) is 9.69 Å². The number of morpholine rings is 1. The zero-order chi connectivity index (χ0) is 29.1. The van der Waals surface area contributed by atoms with Crippen molar-refractivity contribution < 1.29 is 17.9 Å². The first-order valence-corrected chi connectivity index (χ1v) is 15.9. The van der Waals surface area contributed by atoms with E-state index in [9.17, 15) is 13.2 Å². The third kappa shape index (κ3) is 6.84. The standard InChI is InChI=1S/C30H33N7O4S/c1-42(39,40)37-20-26(28(35-37)22-7-9-24(10-8-22)32-29(38)23-5-6-23)27-11-13-31-30(34-27)33-25-4-2-3-21(19-25)12-14-36-15-17-41-18-16-36/h2-4,7-11,13,19-20,23H,5-6,12,14-18H2,1H3,(H,32,38)(H,31,33,34). The van der Waals surface area contributed by atoms with Crippen molar-refractivity contribution in [2.24, 2.45) is 5.92 Å². The van der Waals surface area contributed by atoms with Crippen LogP contribution in [0.25, 0.3) is 22.5 Å². The molecule has 12 heteroatoms. The van der Waals surface area contributed by atoms with Crippen molar-refractivity contribution >= 4 is 33.3 Å². The first-order valence-electron chi connectivity index (χ1n) is 14.0. The molecule has 0 atom stereocenters. The van der Waals surface area contributed by atoms with Crippen molar-refractivity contribution in [3.05, 3.63) is 72.6 Å². The van der Waals surface area contributed by atoms with Gasteiger partial charge in [-0.15, -0.1) is 0 Å². The first kappa shape index (κ1) is 28.0. The molecule has 2 aliphatic rings. The molecule has 4 aromatic rings. The van der Waals surface area contributed by atoms with Gasteiger partial charge in [0.15, 0.2) is 0 Å². The largest absolute Gasteiger partial charge is 0.379 e. The summed E-state index contributed by atoms with van der Waals surface area (Å²) in [5, 5.41) is 10.6. The van der Waals surface area contributed by atoms with E-state index in [1.165, 1.54) is 11.8 Å². The summed E-state index contributed by atoms with van der Waals surface area (Å²) < 4.78 is 31.2. The van der Waals surface area contributed by atoms with Crippen LogP contribution in [0.1, 0.15) is 18.4 Å². The van der Waals surface area contributed by atoms with Crippen LogP contribution in [-0.4, -0.2) is 77.5 Å². The molecule has 42 heavy (non-hydrogen) atoms. The molecule has 2 fully saturated rings. The highest BCUT2D eigenvalue weighted by atomic mass is 32.2. The Bertz CT molecular complexity index is 1680. The van der Waals surface area contributed by atoms with Gasteiger partial charge in [0.05, 0.1) is 31.4 Å². The highest BCUT2D eigenvalue weighted by Gasteiger charge is 2.29. The lowest BCUT2D eigenvalue weighted by Crippen LogP contribution is -2.37. The summed E-state index contributed by atoms with van der Waals surface area (Å²) in [6, 6.07) is 17.1. The molecule has 0 spiro atoms. The fourth-order valence-corrected chi connectivity index (χ4v) is 5.37. The molecule has 0 bridgehead atoms. The van der Waals surface area contributed by atoms with Crippen molar-refractivity contribution in [2.45, 2.75) is 19.3 Å². The van der Waals surface area contributed by atoms with Gasteiger partial charge in [0.2, 0.25) is 11.9 Å². The lowest BCUT2D eigenvalue weighted by Gasteiger charge is -2.26. The van der Waals surface area contributed by atoms with Gasteiger partial charge in [0.1, 0.15) is 5.69 Å². The highest BCUT2D eigenvalue weighted by Crippen LogP contribution is 2.33. The maximum atomic E-state index is 12.4.